The molecule has 1 aromatic heterocycles. The van der Waals surface area contributed by atoms with E-state index in [1.165, 1.54) is 11.1 Å². The molecule has 5 nitrogen and oxygen atoms in total. The first-order valence-corrected chi connectivity index (χ1v) is 9.94. The fraction of sp³-hybridized carbons (Fsp3) is 0.391. The first-order valence-electron chi connectivity index (χ1n) is 9.94. The molecule has 3 rings (SSSR count). The fourth-order valence-corrected chi connectivity index (χ4v) is 3.50. The number of imidazole rings is 1. The van der Waals surface area contributed by atoms with E-state index in [0.717, 1.165) is 48.4 Å². The van der Waals surface area contributed by atoms with Crippen molar-refractivity contribution < 1.29 is 9.53 Å². The Morgan fingerprint density at radius 3 is 2.57 bits per heavy atom. The molecular formula is C23H29N3O2. The number of nitrogens with one attached hydrogen (secondary N) is 1. The Morgan fingerprint density at radius 1 is 1.07 bits per heavy atom. The van der Waals surface area contributed by atoms with E-state index in [1.54, 1.807) is 6.92 Å². The van der Waals surface area contributed by atoms with Crippen molar-refractivity contribution in [3.63, 3.8) is 0 Å². The molecule has 0 spiro atoms. The van der Waals surface area contributed by atoms with Gasteiger partial charge in [-0.25, -0.2) is 4.98 Å². The molecule has 2 aromatic carbocycles. The molecule has 0 saturated carbocycles. The van der Waals surface area contributed by atoms with Crippen LogP contribution in [0, 0.1) is 13.8 Å². The zero-order valence-corrected chi connectivity index (χ0v) is 17.0. The molecule has 28 heavy (non-hydrogen) atoms. The number of nitrogens with zero attached hydrogens (tertiary/aromatic N) is 2. The van der Waals surface area contributed by atoms with E-state index >= 15 is 0 Å². The van der Waals surface area contributed by atoms with Gasteiger partial charge in [-0.3, -0.25) is 4.79 Å². The molecule has 1 N–H and O–H groups in total. The van der Waals surface area contributed by atoms with Crippen LogP contribution in [0.2, 0.25) is 0 Å². The zero-order chi connectivity index (χ0) is 19.9. The molecule has 0 aliphatic carbocycles. The second kappa shape index (κ2) is 9.40. The predicted molar refractivity (Wildman–Crippen MR) is 113 cm³/mol. The number of benzene rings is 2. The topological polar surface area (TPSA) is 56.2 Å². The highest BCUT2D eigenvalue weighted by Gasteiger charge is 2.10. The van der Waals surface area contributed by atoms with Gasteiger partial charge in [0.1, 0.15) is 11.6 Å². The fourth-order valence-electron chi connectivity index (χ4n) is 3.50. The van der Waals surface area contributed by atoms with E-state index in [0.29, 0.717) is 13.2 Å². The number of hydrogen-bond acceptors (Lipinski definition) is 3. The van der Waals surface area contributed by atoms with Gasteiger partial charge in [0.2, 0.25) is 5.91 Å². The SMILES string of the molecule is CC(=O)NCCCc1nc2ccccc2n1CCCOc1c(C)cccc1C. The maximum Gasteiger partial charge on any atom is 0.216 e. The smallest absolute Gasteiger partial charge is 0.216 e. The molecule has 0 saturated heterocycles. The van der Waals surface area contributed by atoms with Gasteiger partial charge in [0.15, 0.2) is 0 Å². The molecule has 0 atom stereocenters. The Kier molecular flexibility index (Phi) is 6.69. The number of aryl methyl sites for hydroxylation is 4. The largest absolute Gasteiger partial charge is 0.493 e. The number of ether oxygens (including phenoxy) is 1. The van der Waals surface area contributed by atoms with Crippen molar-refractivity contribution in [3.8, 4) is 5.75 Å². The standard InChI is InChI=1S/C23H29N3O2/c1-17-9-6-10-18(2)23(17)28-16-8-15-26-21-12-5-4-11-20(21)25-22(26)13-7-14-24-19(3)27/h4-6,9-12H,7-8,13-16H2,1-3H3,(H,24,27). The van der Waals surface area contributed by atoms with Crippen LogP contribution in [0.15, 0.2) is 42.5 Å². The summed E-state index contributed by atoms with van der Waals surface area (Å²) in [5.74, 6) is 2.07. The lowest BCUT2D eigenvalue weighted by atomic mass is 10.1. The predicted octanol–water partition coefficient (Wildman–Crippen LogP) is 4.19. The minimum absolute atomic E-state index is 0.0113. The Hall–Kier alpha value is -2.82. The van der Waals surface area contributed by atoms with Gasteiger partial charge in [0.25, 0.3) is 0 Å². The van der Waals surface area contributed by atoms with E-state index in [2.05, 4.69) is 60.1 Å². The first-order chi connectivity index (χ1) is 13.6. The zero-order valence-electron chi connectivity index (χ0n) is 17.0. The molecule has 1 amide bonds. The van der Waals surface area contributed by atoms with E-state index in [-0.39, 0.29) is 5.91 Å². The number of rotatable bonds is 9. The second-order valence-electron chi connectivity index (χ2n) is 7.18. The number of amides is 1. The van der Waals surface area contributed by atoms with Gasteiger partial charge in [-0.1, -0.05) is 30.3 Å². The van der Waals surface area contributed by atoms with Crippen molar-refractivity contribution in [2.24, 2.45) is 0 Å². The number of fused-ring (bicyclic) bond motifs is 1. The van der Waals surface area contributed by atoms with Gasteiger partial charge in [-0.05, 0) is 49.9 Å². The summed E-state index contributed by atoms with van der Waals surface area (Å²) in [6, 6.07) is 14.5. The average Bonchev–Trinajstić information content (AvgIpc) is 3.02. The maximum atomic E-state index is 11.1. The summed E-state index contributed by atoms with van der Waals surface area (Å²) in [5.41, 5.74) is 4.52. The van der Waals surface area contributed by atoms with Gasteiger partial charge < -0.3 is 14.6 Å². The molecule has 0 aliphatic rings. The first kappa shape index (κ1) is 19.9. The summed E-state index contributed by atoms with van der Waals surface area (Å²) in [6.45, 7) is 7.92. The van der Waals surface area contributed by atoms with Gasteiger partial charge >= 0.3 is 0 Å². The van der Waals surface area contributed by atoms with Crippen LogP contribution in [0.4, 0.5) is 0 Å². The average molecular weight is 380 g/mol. The normalized spacial score (nSPS) is 11.0. The highest BCUT2D eigenvalue weighted by Crippen LogP contribution is 2.23. The van der Waals surface area contributed by atoms with Gasteiger partial charge in [0, 0.05) is 26.4 Å². The summed E-state index contributed by atoms with van der Waals surface area (Å²) in [4.78, 5) is 15.9. The van der Waals surface area contributed by atoms with Crippen LogP contribution in [-0.4, -0.2) is 28.6 Å². The number of carbonyl (C=O) groups is 1. The molecule has 148 valence electrons. The lowest BCUT2D eigenvalue weighted by Crippen LogP contribution is -2.21. The molecule has 3 aromatic rings. The van der Waals surface area contributed by atoms with Crippen molar-refractivity contribution in [3.05, 3.63) is 59.4 Å². The summed E-state index contributed by atoms with van der Waals surface area (Å²) in [6.07, 6.45) is 2.63. The van der Waals surface area contributed by atoms with Crippen molar-refractivity contribution in [1.82, 2.24) is 14.9 Å². The lowest BCUT2D eigenvalue weighted by Gasteiger charge is -2.13. The third kappa shape index (κ3) is 4.91. The summed E-state index contributed by atoms with van der Waals surface area (Å²) in [7, 11) is 0. The van der Waals surface area contributed by atoms with Gasteiger partial charge in [-0.15, -0.1) is 0 Å². The Labute approximate surface area is 166 Å². The minimum Gasteiger partial charge on any atom is -0.493 e. The summed E-state index contributed by atoms with van der Waals surface area (Å²) < 4.78 is 8.35. The van der Waals surface area contributed by atoms with Crippen molar-refractivity contribution >= 4 is 16.9 Å². The van der Waals surface area contributed by atoms with Gasteiger partial charge in [0.05, 0.1) is 17.6 Å². The van der Waals surface area contributed by atoms with E-state index in [1.807, 2.05) is 6.07 Å². The number of hydrogen-bond donors (Lipinski definition) is 1. The van der Waals surface area contributed by atoms with Crippen LogP contribution in [0.3, 0.4) is 0 Å². The highest BCUT2D eigenvalue weighted by molar-refractivity contribution is 5.76. The van der Waals surface area contributed by atoms with Crippen LogP contribution in [-0.2, 0) is 17.8 Å². The molecular weight excluding hydrogens is 350 g/mol. The summed E-state index contributed by atoms with van der Waals surface area (Å²) in [5, 5.41) is 2.85. The Bertz CT molecular complexity index is 926. The van der Waals surface area contributed by atoms with Crippen molar-refractivity contribution in [1.29, 1.82) is 0 Å². The molecule has 5 heteroatoms. The Balaban J connectivity index is 1.64. The van der Waals surface area contributed by atoms with Crippen molar-refractivity contribution in [2.75, 3.05) is 13.2 Å². The van der Waals surface area contributed by atoms with E-state index < -0.39 is 0 Å². The molecule has 0 radical (unpaired) electrons. The van der Waals surface area contributed by atoms with E-state index in [9.17, 15) is 4.79 Å². The molecule has 0 aliphatic heterocycles. The van der Waals surface area contributed by atoms with Gasteiger partial charge in [-0.2, -0.15) is 0 Å². The minimum atomic E-state index is 0.0113. The highest BCUT2D eigenvalue weighted by atomic mass is 16.5. The quantitative estimate of drug-likeness (QED) is 0.567. The van der Waals surface area contributed by atoms with Crippen LogP contribution in [0.5, 0.6) is 5.75 Å². The third-order valence-corrected chi connectivity index (χ3v) is 4.87. The lowest BCUT2D eigenvalue weighted by molar-refractivity contribution is -0.118. The molecule has 0 unspecified atom stereocenters. The number of carbonyl (C=O) groups excluding carboxylic acids is 1. The Morgan fingerprint density at radius 2 is 1.82 bits per heavy atom. The monoisotopic (exact) mass is 379 g/mol. The van der Waals surface area contributed by atoms with Crippen molar-refractivity contribution in [2.45, 2.75) is 46.6 Å². The second-order valence-corrected chi connectivity index (χ2v) is 7.18. The molecule has 1 heterocycles. The molecule has 0 bridgehead atoms. The molecule has 0 fully saturated rings. The number of para-hydroxylation sites is 3. The van der Waals surface area contributed by atoms with Crippen LogP contribution in [0.1, 0.15) is 36.7 Å². The van der Waals surface area contributed by atoms with E-state index in [4.69, 9.17) is 9.72 Å². The number of aromatic nitrogens is 2. The summed E-state index contributed by atoms with van der Waals surface area (Å²) >= 11 is 0. The maximum absolute atomic E-state index is 11.1. The van der Waals surface area contributed by atoms with Crippen LogP contribution in [0.25, 0.3) is 11.0 Å². The van der Waals surface area contributed by atoms with Crippen LogP contribution < -0.4 is 10.1 Å². The van der Waals surface area contributed by atoms with Crippen LogP contribution >= 0.6 is 0 Å². The third-order valence-electron chi connectivity index (χ3n) is 4.87.